The van der Waals surface area contributed by atoms with E-state index in [-0.39, 0.29) is 11.0 Å². The Morgan fingerprint density at radius 3 is 1.90 bits per heavy atom. The van der Waals surface area contributed by atoms with Crippen molar-refractivity contribution < 1.29 is 31.4 Å². The van der Waals surface area contributed by atoms with Gasteiger partial charge in [-0.1, -0.05) is 6.07 Å². The molecule has 0 aliphatic rings. The summed E-state index contributed by atoms with van der Waals surface area (Å²) in [6.07, 6.45) is -11.9. The number of nitrogens with one attached hydrogen (secondary N) is 2. The van der Waals surface area contributed by atoms with Gasteiger partial charge in [0.25, 0.3) is 5.60 Å². The van der Waals surface area contributed by atoms with Crippen molar-refractivity contribution in [1.82, 2.24) is 9.97 Å². The van der Waals surface area contributed by atoms with Crippen LogP contribution >= 0.6 is 0 Å². The molecule has 0 aliphatic heterocycles. The standard InChI is InChI=1S/C10H6F6N2O2/c11-9(12,13)8(20,10(14,15)16)4-1-2-5-6(3-4)18-7(19)17-5/h1-3,20H,(H2,17,18,19). The van der Waals surface area contributed by atoms with Crippen LogP contribution in [-0.2, 0) is 5.60 Å². The molecule has 0 aliphatic carbocycles. The highest BCUT2D eigenvalue weighted by Crippen LogP contribution is 2.50. The average Bonchev–Trinajstić information content (AvgIpc) is 2.63. The van der Waals surface area contributed by atoms with Crippen molar-refractivity contribution in [3.8, 4) is 0 Å². The van der Waals surface area contributed by atoms with Crippen molar-refractivity contribution >= 4 is 11.0 Å². The Morgan fingerprint density at radius 2 is 1.40 bits per heavy atom. The van der Waals surface area contributed by atoms with Gasteiger partial charge in [-0.05, 0) is 12.1 Å². The summed E-state index contributed by atoms with van der Waals surface area (Å²) in [5.41, 5.74) is -7.49. The number of halogens is 6. The van der Waals surface area contributed by atoms with E-state index in [9.17, 15) is 31.1 Å². The Balaban J connectivity index is 2.72. The van der Waals surface area contributed by atoms with E-state index in [0.29, 0.717) is 12.1 Å². The normalized spacial score (nSPS) is 13.9. The molecule has 10 heteroatoms. The Labute approximate surface area is 106 Å². The molecule has 1 heterocycles. The van der Waals surface area contributed by atoms with Gasteiger partial charge >= 0.3 is 18.0 Å². The summed E-state index contributed by atoms with van der Waals surface area (Å²) in [5, 5.41) is 9.17. The zero-order valence-corrected chi connectivity index (χ0v) is 9.36. The third-order valence-corrected chi connectivity index (χ3v) is 2.75. The summed E-state index contributed by atoms with van der Waals surface area (Å²) in [7, 11) is 0. The monoisotopic (exact) mass is 300 g/mol. The van der Waals surface area contributed by atoms with E-state index in [0.717, 1.165) is 6.07 Å². The molecule has 0 saturated heterocycles. The van der Waals surface area contributed by atoms with Crippen LogP contribution in [-0.4, -0.2) is 27.4 Å². The third-order valence-electron chi connectivity index (χ3n) is 2.75. The van der Waals surface area contributed by atoms with Gasteiger partial charge in [-0.25, -0.2) is 4.79 Å². The van der Waals surface area contributed by atoms with Gasteiger partial charge in [0.05, 0.1) is 11.0 Å². The molecule has 2 aromatic rings. The fourth-order valence-corrected chi connectivity index (χ4v) is 1.75. The van der Waals surface area contributed by atoms with Crippen molar-refractivity contribution in [3.63, 3.8) is 0 Å². The molecule has 0 fully saturated rings. The van der Waals surface area contributed by atoms with Gasteiger partial charge in [0.15, 0.2) is 0 Å². The van der Waals surface area contributed by atoms with E-state index in [1.165, 1.54) is 0 Å². The maximum Gasteiger partial charge on any atom is 0.430 e. The molecule has 0 unspecified atom stereocenters. The van der Waals surface area contributed by atoms with Crippen LogP contribution in [0.5, 0.6) is 0 Å². The number of alkyl halides is 6. The Bertz CT molecular complexity index is 682. The van der Waals surface area contributed by atoms with Crippen molar-refractivity contribution in [2.24, 2.45) is 0 Å². The molecule has 0 bridgehead atoms. The van der Waals surface area contributed by atoms with Crippen molar-refractivity contribution in [3.05, 3.63) is 34.2 Å². The van der Waals surface area contributed by atoms with Crippen LogP contribution in [0.2, 0.25) is 0 Å². The van der Waals surface area contributed by atoms with Crippen molar-refractivity contribution in [2.75, 3.05) is 0 Å². The Kier molecular flexibility index (Phi) is 2.90. The molecular formula is C10H6F6N2O2. The smallest absolute Gasteiger partial charge is 0.369 e. The van der Waals surface area contributed by atoms with Gasteiger partial charge in [-0.2, -0.15) is 26.3 Å². The number of rotatable bonds is 1. The summed E-state index contributed by atoms with van der Waals surface area (Å²) in [5.74, 6) is 0. The summed E-state index contributed by atoms with van der Waals surface area (Å²) in [6, 6.07) is 1.71. The van der Waals surface area contributed by atoms with Gasteiger partial charge in [0.2, 0.25) is 0 Å². The lowest BCUT2D eigenvalue weighted by atomic mass is 9.92. The minimum atomic E-state index is -5.96. The van der Waals surface area contributed by atoms with Crippen LogP contribution in [0.1, 0.15) is 5.56 Å². The van der Waals surface area contributed by atoms with Gasteiger partial charge in [-0.15, -0.1) is 0 Å². The number of aromatic nitrogens is 2. The van der Waals surface area contributed by atoms with E-state index in [4.69, 9.17) is 5.11 Å². The SMILES string of the molecule is O=c1[nH]c2ccc(C(O)(C(F)(F)F)C(F)(F)F)cc2[nH]1. The third kappa shape index (κ3) is 1.96. The van der Waals surface area contributed by atoms with E-state index >= 15 is 0 Å². The van der Waals surface area contributed by atoms with E-state index in [2.05, 4.69) is 4.98 Å². The molecule has 0 amide bonds. The number of aromatic amines is 2. The Hall–Kier alpha value is -1.97. The highest BCUT2D eigenvalue weighted by atomic mass is 19.4. The number of H-pyrrole nitrogens is 2. The lowest BCUT2D eigenvalue weighted by Crippen LogP contribution is -2.53. The van der Waals surface area contributed by atoms with Crippen molar-refractivity contribution in [2.45, 2.75) is 18.0 Å². The van der Waals surface area contributed by atoms with Gasteiger partial charge in [0, 0.05) is 5.56 Å². The summed E-state index contributed by atoms with van der Waals surface area (Å²) < 4.78 is 75.8. The van der Waals surface area contributed by atoms with E-state index < -0.39 is 29.2 Å². The summed E-state index contributed by atoms with van der Waals surface area (Å²) >= 11 is 0. The zero-order valence-electron chi connectivity index (χ0n) is 9.36. The lowest BCUT2D eigenvalue weighted by molar-refractivity contribution is -0.376. The highest BCUT2D eigenvalue weighted by Gasteiger charge is 2.71. The number of hydrogen-bond donors (Lipinski definition) is 3. The molecule has 1 aromatic heterocycles. The van der Waals surface area contributed by atoms with Crippen LogP contribution in [0, 0.1) is 0 Å². The largest absolute Gasteiger partial charge is 0.430 e. The van der Waals surface area contributed by atoms with Crippen LogP contribution in [0.25, 0.3) is 11.0 Å². The van der Waals surface area contributed by atoms with Crippen LogP contribution in [0.3, 0.4) is 0 Å². The number of benzene rings is 1. The number of aliphatic hydroxyl groups is 1. The molecule has 1 aromatic carbocycles. The number of fused-ring (bicyclic) bond motifs is 1. The first kappa shape index (κ1) is 14.4. The topological polar surface area (TPSA) is 68.9 Å². The molecule has 2 rings (SSSR count). The molecular weight excluding hydrogens is 294 g/mol. The highest BCUT2D eigenvalue weighted by molar-refractivity contribution is 5.75. The molecule has 110 valence electrons. The number of hydrogen-bond acceptors (Lipinski definition) is 2. The average molecular weight is 300 g/mol. The van der Waals surface area contributed by atoms with Crippen LogP contribution in [0.4, 0.5) is 26.3 Å². The predicted octanol–water partition coefficient (Wildman–Crippen LogP) is 2.17. The lowest BCUT2D eigenvalue weighted by Gasteiger charge is -2.32. The van der Waals surface area contributed by atoms with E-state index in [1.54, 1.807) is 0 Å². The number of imidazole rings is 1. The second-order valence-corrected chi connectivity index (χ2v) is 4.05. The summed E-state index contributed by atoms with van der Waals surface area (Å²) in [6.45, 7) is 0. The first-order valence-electron chi connectivity index (χ1n) is 5.05. The molecule has 0 radical (unpaired) electrons. The molecule has 20 heavy (non-hydrogen) atoms. The first-order chi connectivity index (χ1) is 8.97. The maximum atomic E-state index is 12.6. The molecule has 0 spiro atoms. The second kappa shape index (κ2) is 4.01. The van der Waals surface area contributed by atoms with Crippen molar-refractivity contribution in [1.29, 1.82) is 0 Å². The first-order valence-corrected chi connectivity index (χ1v) is 5.05. The molecule has 4 nitrogen and oxygen atoms in total. The quantitative estimate of drug-likeness (QED) is 0.706. The Morgan fingerprint density at radius 1 is 0.900 bits per heavy atom. The molecule has 0 atom stereocenters. The zero-order chi connectivity index (χ0) is 15.3. The molecule has 0 saturated carbocycles. The van der Waals surface area contributed by atoms with Crippen LogP contribution < -0.4 is 5.69 Å². The fraction of sp³-hybridized carbons (Fsp3) is 0.300. The molecule has 3 N–H and O–H groups in total. The maximum absolute atomic E-state index is 12.6. The van der Waals surface area contributed by atoms with E-state index in [1.807, 2.05) is 4.98 Å². The van der Waals surface area contributed by atoms with Gasteiger partial charge in [-0.3, -0.25) is 0 Å². The minimum Gasteiger partial charge on any atom is -0.369 e. The minimum absolute atomic E-state index is 0.0189. The van der Waals surface area contributed by atoms with Crippen LogP contribution in [0.15, 0.2) is 23.0 Å². The second-order valence-electron chi connectivity index (χ2n) is 4.05. The summed E-state index contributed by atoms with van der Waals surface area (Å²) in [4.78, 5) is 15.1. The fourth-order valence-electron chi connectivity index (χ4n) is 1.75. The van der Waals surface area contributed by atoms with Gasteiger partial charge < -0.3 is 15.1 Å². The van der Waals surface area contributed by atoms with Gasteiger partial charge in [0.1, 0.15) is 0 Å². The predicted molar refractivity (Wildman–Crippen MR) is 54.9 cm³/mol.